The molecule has 0 saturated heterocycles. The van der Waals surface area contributed by atoms with Crippen molar-refractivity contribution in [2.45, 2.75) is 23.5 Å². The molecule has 0 heterocycles. The fourth-order valence-electron chi connectivity index (χ4n) is 2.24. The van der Waals surface area contributed by atoms with Gasteiger partial charge in [0.1, 0.15) is 0 Å². The molecule has 19 heavy (non-hydrogen) atoms. The number of sulfone groups is 1. The monoisotopic (exact) mass is 283 g/mol. The van der Waals surface area contributed by atoms with Crippen LogP contribution in [0.1, 0.15) is 13.3 Å². The molecule has 1 aromatic rings. The van der Waals surface area contributed by atoms with Crippen molar-refractivity contribution in [3.63, 3.8) is 0 Å². The van der Waals surface area contributed by atoms with Crippen LogP contribution in [0.4, 0.5) is 0 Å². The molecule has 0 bridgehead atoms. The van der Waals surface area contributed by atoms with Crippen molar-refractivity contribution in [3.8, 4) is 0 Å². The second-order valence-corrected chi connectivity index (χ2v) is 6.76. The number of carbonyl (C=O) groups excluding carboxylic acids is 1. The van der Waals surface area contributed by atoms with Crippen molar-refractivity contribution in [3.05, 3.63) is 30.3 Å². The van der Waals surface area contributed by atoms with Crippen LogP contribution >= 0.6 is 0 Å². The maximum atomic E-state index is 12.4. The van der Waals surface area contributed by atoms with Gasteiger partial charge < -0.3 is 10.5 Å². The van der Waals surface area contributed by atoms with Gasteiger partial charge in [0.2, 0.25) is 0 Å². The number of nitrogens with two attached hydrogens (primary N) is 1. The van der Waals surface area contributed by atoms with Gasteiger partial charge in [-0.1, -0.05) is 18.2 Å². The number of benzene rings is 1. The second-order valence-electron chi connectivity index (χ2n) is 4.63. The molecule has 0 unspecified atom stereocenters. The highest BCUT2D eigenvalue weighted by atomic mass is 32.2. The smallest absolute Gasteiger partial charge is 0.314 e. The quantitative estimate of drug-likeness (QED) is 0.805. The molecule has 2 rings (SSSR count). The Labute approximate surface area is 112 Å². The van der Waals surface area contributed by atoms with Gasteiger partial charge in [0.15, 0.2) is 9.84 Å². The minimum Gasteiger partial charge on any atom is -0.465 e. The van der Waals surface area contributed by atoms with Gasteiger partial charge in [0.25, 0.3) is 0 Å². The SMILES string of the molecule is CCOC(=O)[C@]1(CN)C[C@H]1S(=O)(=O)c1ccccc1. The summed E-state index contributed by atoms with van der Waals surface area (Å²) in [4.78, 5) is 12.1. The third-order valence-electron chi connectivity index (χ3n) is 3.50. The topological polar surface area (TPSA) is 86.5 Å². The van der Waals surface area contributed by atoms with E-state index >= 15 is 0 Å². The molecule has 0 aromatic heterocycles. The van der Waals surface area contributed by atoms with Crippen LogP contribution in [0, 0.1) is 5.41 Å². The number of hydrogen-bond donors (Lipinski definition) is 1. The van der Waals surface area contributed by atoms with E-state index in [1.807, 2.05) is 0 Å². The van der Waals surface area contributed by atoms with Crippen molar-refractivity contribution in [1.29, 1.82) is 0 Å². The minimum atomic E-state index is -3.53. The van der Waals surface area contributed by atoms with Gasteiger partial charge >= 0.3 is 5.97 Å². The summed E-state index contributed by atoms with van der Waals surface area (Å²) in [5.74, 6) is -0.512. The van der Waals surface area contributed by atoms with Gasteiger partial charge in [0.05, 0.1) is 22.2 Å². The van der Waals surface area contributed by atoms with E-state index in [1.165, 1.54) is 12.1 Å². The molecule has 104 valence electrons. The van der Waals surface area contributed by atoms with Crippen molar-refractivity contribution < 1.29 is 17.9 Å². The molecule has 5 nitrogen and oxygen atoms in total. The maximum Gasteiger partial charge on any atom is 0.314 e. The first-order valence-corrected chi connectivity index (χ1v) is 7.70. The lowest BCUT2D eigenvalue weighted by Crippen LogP contribution is -2.33. The van der Waals surface area contributed by atoms with Crippen LogP contribution in [-0.4, -0.2) is 32.8 Å². The van der Waals surface area contributed by atoms with E-state index in [9.17, 15) is 13.2 Å². The molecule has 1 fully saturated rings. The molecule has 1 aliphatic carbocycles. The number of ether oxygens (including phenoxy) is 1. The van der Waals surface area contributed by atoms with E-state index in [-0.39, 0.29) is 24.5 Å². The zero-order chi connectivity index (χ0) is 14.1. The van der Waals surface area contributed by atoms with Gasteiger partial charge in [-0.3, -0.25) is 4.79 Å². The third kappa shape index (κ3) is 2.26. The highest BCUT2D eigenvalue weighted by molar-refractivity contribution is 7.92. The van der Waals surface area contributed by atoms with E-state index in [1.54, 1.807) is 25.1 Å². The van der Waals surface area contributed by atoms with Crippen LogP contribution in [0.25, 0.3) is 0 Å². The number of rotatable bonds is 5. The zero-order valence-electron chi connectivity index (χ0n) is 10.7. The minimum absolute atomic E-state index is 0.0113. The Morgan fingerprint density at radius 2 is 2.05 bits per heavy atom. The van der Waals surface area contributed by atoms with Crippen LogP contribution in [0.5, 0.6) is 0 Å². The molecule has 0 amide bonds. The summed E-state index contributed by atoms with van der Waals surface area (Å²) in [6, 6.07) is 8.11. The Hall–Kier alpha value is -1.40. The summed E-state index contributed by atoms with van der Waals surface area (Å²) < 4.78 is 29.8. The van der Waals surface area contributed by atoms with Crippen molar-refractivity contribution in [1.82, 2.24) is 0 Å². The Kier molecular flexibility index (Phi) is 3.64. The Morgan fingerprint density at radius 3 is 2.58 bits per heavy atom. The van der Waals surface area contributed by atoms with Crippen LogP contribution < -0.4 is 5.73 Å². The molecule has 0 radical (unpaired) electrons. The molecule has 0 aliphatic heterocycles. The molecule has 2 atom stereocenters. The highest BCUT2D eigenvalue weighted by Gasteiger charge is 2.66. The fraction of sp³-hybridized carbons (Fsp3) is 0.462. The van der Waals surface area contributed by atoms with Crippen LogP contribution in [-0.2, 0) is 19.4 Å². The average Bonchev–Trinajstić information content (AvgIpc) is 3.17. The molecular formula is C13H17NO4S. The largest absolute Gasteiger partial charge is 0.465 e. The van der Waals surface area contributed by atoms with Gasteiger partial charge in [-0.2, -0.15) is 0 Å². The first kappa shape index (κ1) is 14.0. The predicted molar refractivity (Wildman–Crippen MR) is 70.2 cm³/mol. The van der Waals surface area contributed by atoms with Gasteiger partial charge in [-0.25, -0.2) is 8.42 Å². The van der Waals surface area contributed by atoms with Crippen LogP contribution in [0.3, 0.4) is 0 Å². The molecule has 1 aromatic carbocycles. The van der Waals surface area contributed by atoms with E-state index < -0.39 is 26.5 Å². The molecule has 1 aliphatic rings. The van der Waals surface area contributed by atoms with Crippen LogP contribution in [0.2, 0.25) is 0 Å². The normalized spacial score (nSPS) is 25.9. The lowest BCUT2D eigenvalue weighted by atomic mass is 10.1. The van der Waals surface area contributed by atoms with E-state index in [2.05, 4.69) is 0 Å². The second kappa shape index (κ2) is 4.94. The number of esters is 1. The van der Waals surface area contributed by atoms with E-state index in [4.69, 9.17) is 10.5 Å². The maximum absolute atomic E-state index is 12.4. The first-order valence-electron chi connectivity index (χ1n) is 6.15. The third-order valence-corrected chi connectivity index (χ3v) is 5.79. The molecule has 2 N–H and O–H groups in total. The Morgan fingerprint density at radius 1 is 1.42 bits per heavy atom. The lowest BCUT2D eigenvalue weighted by Gasteiger charge is -2.13. The first-order chi connectivity index (χ1) is 8.99. The molecule has 0 spiro atoms. The van der Waals surface area contributed by atoms with E-state index in [0.29, 0.717) is 0 Å². The molecular weight excluding hydrogens is 266 g/mol. The van der Waals surface area contributed by atoms with Crippen molar-refractivity contribution in [2.75, 3.05) is 13.2 Å². The Balaban J connectivity index is 2.28. The summed E-state index contributed by atoms with van der Waals surface area (Å²) >= 11 is 0. The standard InChI is InChI=1S/C13H17NO4S/c1-2-18-12(15)13(9-14)8-11(13)19(16,17)10-6-4-3-5-7-10/h3-7,11H,2,8-9,14H2,1H3/t11-,13+/m1/s1. The summed E-state index contributed by atoms with van der Waals surface area (Å²) in [6.07, 6.45) is 0.236. The van der Waals surface area contributed by atoms with E-state index in [0.717, 1.165) is 0 Å². The Bertz CT molecular complexity index is 570. The summed E-state index contributed by atoms with van der Waals surface area (Å²) in [6.45, 7) is 1.90. The van der Waals surface area contributed by atoms with Gasteiger partial charge in [0, 0.05) is 6.54 Å². The lowest BCUT2D eigenvalue weighted by molar-refractivity contribution is -0.149. The molecule has 6 heteroatoms. The average molecular weight is 283 g/mol. The van der Waals surface area contributed by atoms with Crippen LogP contribution in [0.15, 0.2) is 35.2 Å². The van der Waals surface area contributed by atoms with Gasteiger partial charge in [-0.15, -0.1) is 0 Å². The summed E-state index contributed by atoms with van der Waals surface area (Å²) in [5, 5.41) is -0.772. The van der Waals surface area contributed by atoms with Crippen molar-refractivity contribution >= 4 is 15.8 Å². The highest BCUT2D eigenvalue weighted by Crippen LogP contribution is 2.52. The zero-order valence-corrected chi connectivity index (χ0v) is 11.5. The number of carbonyl (C=O) groups is 1. The summed E-state index contributed by atoms with van der Waals surface area (Å²) in [7, 11) is -3.53. The fourth-order valence-corrected chi connectivity index (χ4v) is 4.41. The predicted octanol–water partition coefficient (Wildman–Crippen LogP) is 0.741. The molecule has 1 saturated carbocycles. The van der Waals surface area contributed by atoms with Crippen molar-refractivity contribution in [2.24, 2.45) is 11.1 Å². The van der Waals surface area contributed by atoms with Gasteiger partial charge in [-0.05, 0) is 25.5 Å². The number of hydrogen-bond acceptors (Lipinski definition) is 5. The summed E-state index contributed by atoms with van der Waals surface area (Å²) in [5.41, 5.74) is 4.54.